The summed E-state index contributed by atoms with van der Waals surface area (Å²) in [5.41, 5.74) is 1.74. The van der Waals surface area contributed by atoms with Gasteiger partial charge in [-0.1, -0.05) is 35.9 Å². The van der Waals surface area contributed by atoms with E-state index >= 15 is 0 Å². The molecule has 2 nitrogen and oxygen atoms in total. The molecule has 0 aliphatic rings. The first-order chi connectivity index (χ1) is 8.58. The predicted octanol–water partition coefficient (Wildman–Crippen LogP) is 3.77. The molecule has 0 aromatic heterocycles. The topological polar surface area (TPSA) is 34.1 Å². The van der Waals surface area contributed by atoms with Crippen molar-refractivity contribution < 1.29 is 9.59 Å². The minimum absolute atomic E-state index is 0.0134. The zero-order valence-corrected chi connectivity index (χ0v) is 10.6. The third kappa shape index (κ3) is 2.66. The van der Waals surface area contributed by atoms with Gasteiger partial charge in [-0.25, -0.2) is 0 Å². The van der Waals surface area contributed by atoms with Gasteiger partial charge in [0, 0.05) is 21.7 Å². The number of ketones is 2. The standard InChI is InChI=1S/C15H11ClO2/c1-10(17)11-2-4-12(5-3-11)15(18)13-6-8-14(16)9-7-13/h2-9H,1H3. The van der Waals surface area contributed by atoms with Gasteiger partial charge in [-0.05, 0) is 31.2 Å². The van der Waals surface area contributed by atoms with Gasteiger partial charge in [-0.3, -0.25) is 9.59 Å². The van der Waals surface area contributed by atoms with E-state index in [0.29, 0.717) is 21.7 Å². The number of halogens is 1. The first kappa shape index (κ1) is 12.5. The van der Waals surface area contributed by atoms with E-state index in [0.717, 1.165) is 0 Å². The highest BCUT2D eigenvalue weighted by Crippen LogP contribution is 2.14. The van der Waals surface area contributed by atoms with Gasteiger partial charge in [0.15, 0.2) is 11.6 Å². The predicted molar refractivity (Wildman–Crippen MR) is 71.3 cm³/mol. The van der Waals surface area contributed by atoms with Crippen molar-refractivity contribution in [2.75, 3.05) is 0 Å². The Morgan fingerprint density at radius 3 is 1.61 bits per heavy atom. The number of rotatable bonds is 3. The lowest BCUT2D eigenvalue weighted by molar-refractivity contribution is 0.101. The molecule has 2 aromatic carbocycles. The fraction of sp³-hybridized carbons (Fsp3) is 0.0667. The van der Waals surface area contributed by atoms with Crippen molar-refractivity contribution in [3.63, 3.8) is 0 Å². The maximum absolute atomic E-state index is 12.1. The first-order valence-corrected chi connectivity index (χ1v) is 5.87. The number of Topliss-reactive ketones (excluding diaryl/α,β-unsaturated/α-hetero) is 1. The molecule has 0 spiro atoms. The molecule has 0 saturated heterocycles. The molecule has 0 atom stereocenters. The van der Waals surface area contributed by atoms with Crippen LogP contribution in [0.3, 0.4) is 0 Å². The smallest absolute Gasteiger partial charge is 0.193 e. The largest absolute Gasteiger partial charge is 0.295 e. The van der Waals surface area contributed by atoms with Crippen LogP contribution in [0.15, 0.2) is 48.5 Å². The minimum Gasteiger partial charge on any atom is -0.295 e. The van der Waals surface area contributed by atoms with E-state index in [4.69, 9.17) is 11.6 Å². The van der Waals surface area contributed by atoms with Crippen LogP contribution in [0.5, 0.6) is 0 Å². The molecule has 0 aliphatic heterocycles. The Hall–Kier alpha value is -1.93. The Bertz CT molecular complexity index is 583. The summed E-state index contributed by atoms with van der Waals surface area (Å²) in [5.74, 6) is -0.0951. The van der Waals surface area contributed by atoms with Gasteiger partial charge >= 0.3 is 0 Å². The summed E-state index contributed by atoms with van der Waals surface area (Å²) in [7, 11) is 0. The molecule has 3 heteroatoms. The molecule has 0 amide bonds. The van der Waals surface area contributed by atoms with Gasteiger partial charge in [-0.2, -0.15) is 0 Å². The lowest BCUT2D eigenvalue weighted by Gasteiger charge is -2.02. The van der Waals surface area contributed by atoms with Crippen molar-refractivity contribution in [3.8, 4) is 0 Å². The zero-order chi connectivity index (χ0) is 13.1. The van der Waals surface area contributed by atoms with Crippen LogP contribution in [0, 0.1) is 0 Å². The van der Waals surface area contributed by atoms with Crippen molar-refractivity contribution in [2.45, 2.75) is 6.92 Å². The summed E-state index contributed by atoms with van der Waals surface area (Å²) in [4.78, 5) is 23.2. The Morgan fingerprint density at radius 2 is 1.17 bits per heavy atom. The highest BCUT2D eigenvalue weighted by molar-refractivity contribution is 6.30. The summed E-state index contributed by atoms with van der Waals surface area (Å²) in [6.07, 6.45) is 0. The number of hydrogen-bond acceptors (Lipinski definition) is 2. The molecule has 0 aliphatic carbocycles. The third-order valence-electron chi connectivity index (χ3n) is 2.66. The molecule has 0 fully saturated rings. The lowest BCUT2D eigenvalue weighted by Crippen LogP contribution is -2.01. The second-order valence-electron chi connectivity index (χ2n) is 3.97. The summed E-state index contributed by atoms with van der Waals surface area (Å²) in [6.45, 7) is 1.50. The second-order valence-corrected chi connectivity index (χ2v) is 4.41. The molecule has 0 bridgehead atoms. The van der Waals surface area contributed by atoms with Crippen LogP contribution >= 0.6 is 11.6 Å². The molecule has 2 aromatic rings. The van der Waals surface area contributed by atoms with Crippen LogP contribution in [0.25, 0.3) is 0 Å². The van der Waals surface area contributed by atoms with E-state index in [9.17, 15) is 9.59 Å². The van der Waals surface area contributed by atoms with E-state index in [2.05, 4.69) is 0 Å². The van der Waals surface area contributed by atoms with Crippen LogP contribution in [0.2, 0.25) is 5.02 Å². The van der Waals surface area contributed by atoms with Gasteiger partial charge in [0.2, 0.25) is 0 Å². The van der Waals surface area contributed by atoms with E-state index in [1.165, 1.54) is 6.92 Å². The van der Waals surface area contributed by atoms with E-state index in [1.54, 1.807) is 48.5 Å². The maximum atomic E-state index is 12.1. The average Bonchev–Trinajstić information content (AvgIpc) is 2.39. The van der Waals surface area contributed by atoms with Crippen molar-refractivity contribution >= 4 is 23.2 Å². The molecule has 0 saturated carbocycles. The lowest BCUT2D eigenvalue weighted by atomic mass is 10.0. The van der Waals surface area contributed by atoms with Gasteiger partial charge in [-0.15, -0.1) is 0 Å². The SMILES string of the molecule is CC(=O)c1ccc(C(=O)c2ccc(Cl)cc2)cc1. The van der Waals surface area contributed by atoms with Crippen molar-refractivity contribution in [3.05, 3.63) is 70.2 Å². The van der Waals surface area contributed by atoms with Crippen LogP contribution < -0.4 is 0 Å². The van der Waals surface area contributed by atoms with E-state index < -0.39 is 0 Å². The highest BCUT2D eigenvalue weighted by atomic mass is 35.5. The Labute approximate surface area is 110 Å². The maximum Gasteiger partial charge on any atom is 0.193 e. The molecule has 0 radical (unpaired) electrons. The van der Waals surface area contributed by atoms with Crippen molar-refractivity contribution in [1.82, 2.24) is 0 Å². The minimum atomic E-state index is -0.0817. The molecule has 0 heterocycles. The van der Waals surface area contributed by atoms with Gasteiger partial charge in [0.1, 0.15) is 0 Å². The monoisotopic (exact) mass is 258 g/mol. The summed E-state index contributed by atoms with van der Waals surface area (Å²) in [5, 5.41) is 0.596. The van der Waals surface area contributed by atoms with Crippen molar-refractivity contribution in [1.29, 1.82) is 0 Å². The molecule has 0 unspecified atom stereocenters. The quantitative estimate of drug-likeness (QED) is 0.786. The number of carbonyl (C=O) groups is 2. The Morgan fingerprint density at radius 1 is 0.778 bits per heavy atom. The fourth-order valence-electron chi connectivity index (χ4n) is 1.62. The Balaban J connectivity index is 2.28. The summed E-state index contributed by atoms with van der Waals surface area (Å²) in [6, 6.07) is 13.4. The molecule has 0 N–H and O–H groups in total. The average molecular weight is 259 g/mol. The van der Waals surface area contributed by atoms with Crippen LogP contribution in [-0.4, -0.2) is 11.6 Å². The molecule has 18 heavy (non-hydrogen) atoms. The van der Waals surface area contributed by atoms with Crippen molar-refractivity contribution in [2.24, 2.45) is 0 Å². The second kappa shape index (κ2) is 5.15. The first-order valence-electron chi connectivity index (χ1n) is 5.49. The fourth-order valence-corrected chi connectivity index (χ4v) is 1.75. The molecule has 2 rings (SSSR count). The number of hydrogen-bond donors (Lipinski definition) is 0. The zero-order valence-electron chi connectivity index (χ0n) is 9.81. The Kier molecular flexibility index (Phi) is 3.58. The normalized spacial score (nSPS) is 10.1. The van der Waals surface area contributed by atoms with Crippen LogP contribution in [0.4, 0.5) is 0 Å². The highest BCUT2D eigenvalue weighted by Gasteiger charge is 2.09. The third-order valence-corrected chi connectivity index (χ3v) is 2.91. The van der Waals surface area contributed by atoms with Gasteiger partial charge in [0.25, 0.3) is 0 Å². The molecular weight excluding hydrogens is 248 g/mol. The molecular formula is C15H11ClO2. The van der Waals surface area contributed by atoms with E-state index in [1.807, 2.05) is 0 Å². The van der Waals surface area contributed by atoms with E-state index in [-0.39, 0.29) is 11.6 Å². The summed E-state index contributed by atoms with van der Waals surface area (Å²) < 4.78 is 0. The number of benzene rings is 2. The van der Waals surface area contributed by atoms with Gasteiger partial charge in [0.05, 0.1) is 0 Å². The number of carbonyl (C=O) groups excluding carboxylic acids is 2. The summed E-state index contributed by atoms with van der Waals surface area (Å²) >= 11 is 5.77. The van der Waals surface area contributed by atoms with Gasteiger partial charge < -0.3 is 0 Å². The molecule has 90 valence electrons. The van der Waals surface area contributed by atoms with Crippen LogP contribution in [0.1, 0.15) is 33.2 Å². The van der Waals surface area contributed by atoms with Crippen LogP contribution in [-0.2, 0) is 0 Å².